The Morgan fingerprint density at radius 1 is 1.32 bits per heavy atom. The lowest BCUT2D eigenvalue weighted by molar-refractivity contribution is 0.0295. The fraction of sp³-hybridized carbons (Fsp3) is 0.929. The molecule has 1 aliphatic heterocycles. The zero-order chi connectivity index (χ0) is 14.8. The molecule has 0 N–H and O–H groups in total. The minimum atomic E-state index is -1.14. The van der Waals surface area contributed by atoms with Crippen LogP contribution in [0.4, 0.5) is 4.79 Å². The van der Waals surface area contributed by atoms with Crippen molar-refractivity contribution in [1.82, 2.24) is 4.90 Å². The summed E-state index contributed by atoms with van der Waals surface area (Å²) in [6.07, 6.45) is 2.20. The Morgan fingerprint density at radius 3 is 2.32 bits per heavy atom. The van der Waals surface area contributed by atoms with Crippen molar-refractivity contribution < 1.29 is 14.3 Å². The first kappa shape index (κ1) is 16.5. The molecule has 19 heavy (non-hydrogen) atoms. The van der Waals surface area contributed by atoms with Crippen LogP contribution in [0.2, 0.25) is 19.6 Å². The van der Waals surface area contributed by atoms with Crippen LogP contribution in [0, 0.1) is 0 Å². The van der Waals surface area contributed by atoms with Crippen LogP contribution in [0.3, 0.4) is 0 Å². The summed E-state index contributed by atoms with van der Waals surface area (Å²) in [6.45, 7) is 13.4. The van der Waals surface area contributed by atoms with Crippen molar-refractivity contribution in [2.45, 2.75) is 70.7 Å². The molecule has 1 rings (SSSR count). The fourth-order valence-corrected chi connectivity index (χ4v) is 3.95. The molecular weight excluding hydrogens is 258 g/mol. The second-order valence-corrected chi connectivity index (χ2v) is 12.8. The number of ether oxygens (including phenoxy) is 2. The van der Waals surface area contributed by atoms with E-state index in [-0.39, 0.29) is 6.09 Å². The molecule has 4 nitrogen and oxygen atoms in total. The highest BCUT2D eigenvalue weighted by atomic mass is 28.3. The molecular formula is C14H29NO3Si. The Kier molecular flexibility index (Phi) is 5.06. The average molecular weight is 287 g/mol. The highest BCUT2D eigenvalue weighted by Crippen LogP contribution is 2.34. The van der Waals surface area contributed by atoms with Crippen molar-refractivity contribution >= 4 is 14.2 Å². The van der Waals surface area contributed by atoms with Gasteiger partial charge in [0, 0.05) is 13.6 Å². The molecule has 0 radical (unpaired) electrons. The first-order chi connectivity index (χ1) is 8.50. The van der Waals surface area contributed by atoms with E-state index in [1.54, 1.807) is 11.9 Å². The molecule has 1 heterocycles. The highest BCUT2D eigenvalue weighted by molar-refractivity contribution is 6.78. The van der Waals surface area contributed by atoms with Crippen LogP contribution in [0.1, 0.15) is 33.6 Å². The standard InChI is InChI=1S/C14H29NO3Si/c1-14(2,3)18-13(16)15(4)10-8-9-11-12(17-11)19(5,6)7/h11-12H,8-10H2,1-7H3/t11-,12-/m0/s1. The zero-order valence-corrected chi connectivity index (χ0v) is 14.4. The molecule has 2 atom stereocenters. The lowest BCUT2D eigenvalue weighted by atomic mass is 10.2. The molecule has 1 aliphatic rings. The van der Waals surface area contributed by atoms with E-state index in [2.05, 4.69) is 19.6 Å². The third kappa shape index (κ3) is 5.95. The minimum absolute atomic E-state index is 0.244. The number of carbonyl (C=O) groups is 1. The highest BCUT2D eigenvalue weighted by Gasteiger charge is 2.47. The van der Waals surface area contributed by atoms with Crippen LogP contribution >= 0.6 is 0 Å². The van der Waals surface area contributed by atoms with E-state index in [0.29, 0.717) is 11.8 Å². The Labute approximate surface area is 118 Å². The van der Waals surface area contributed by atoms with Crippen molar-refractivity contribution in [2.24, 2.45) is 0 Å². The summed E-state index contributed by atoms with van der Waals surface area (Å²) < 4.78 is 11.0. The third-order valence-corrected chi connectivity index (χ3v) is 5.34. The molecule has 0 spiro atoms. The molecule has 0 aromatic heterocycles. The van der Waals surface area contributed by atoms with Gasteiger partial charge in [0.05, 0.1) is 19.9 Å². The number of amides is 1. The molecule has 0 aliphatic carbocycles. The number of rotatable bonds is 5. The maximum absolute atomic E-state index is 11.8. The number of epoxide rings is 1. The Balaban J connectivity index is 2.19. The summed E-state index contributed by atoms with van der Waals surface area (Å²) in [5, 5.41) is 0. The summed E-state index contributed by atoms with van der Waals surface area (Å²) in [6, 6.07) is 0. The SMILES string of the molecule is CN(CCC[C@@H]1O[C@H]1[Si](C)(C)C)C(=O)OC(C)(C)C. The van der Waals surface area contributed by atoms with E-state index in [0.717, 1.165) is 19.4 Å². The number of hydrogen-bond donors (Lipinski definition) is 0. The van der Waals surface area contributed by atoms with Gasteiger partial charge in [-0.2, -0.15) is 0 Å². The molecule has 0 bridgehead atoms. The van der Waals surface area contributed by atoms with Gasteiger partial charge in [-0.15, -0.1) is 0 Å². The monoisotopic (exact) mass is 287 g/mol. The number of nitrogens with zero attached hydrogens (tertiary/aromatic N) is 1. The van der Waals surface area contributed by atoms with Crippen molar-refractivity contribution in [1.29, 1.82) is 0 Å². The van der Waals surface area contributed by atoms with Crippen molar-refractivity contribution in [2.75, 3.05) is 13.6 Å². The maximum atomic E-state index is 11.8. The second-order valence-electron chi connectivity index (χ2n) is 7.51. The van der Waals surface area contributed by atoms with Gasteiger partial charge in [0.25, 0.3) is 0 Å². The van der Waals surface area contributed by atoms with E-state index in [1.807, 2.05) is 20.8 Å². The fourth-order valence-electron chi connectivity index (χ4n) is 2.08. The summed E-state index contributed by atoms with van der Waals surface area (Å²) in [5.41, 5.74) is 0.0905. The summed E-state index contributed by atoms with van der Waals surface area (Å²) in [4.78, 5) is 13.4. The Bertz CT molecular complexity index is 320. The number of carbonyl (C=O) groups excluding carboxylic acids is 1. The molecule has 0 aromatic rings. The lowest BCUT2D eigenvalue weighted by Crippen LogP contribution is -2.35. The summed E-state index contributed by atoms with van der Waals surface area (Å²) >= 11 is 0. The van der Waals surface area contributed by atoms with Crippen LogP contribution in [0.25, 0.3) is 0 Å². The smallest absolute Gasteiger partial charge is 0.410 e. The predicted molar refractivity (Wildman–Crippen MR) is 80.1 cm³/mol. The normalized spacial score (nSPS) is 23.1. The van der Waals surface area contributed by atoms with Crippen LogP contribution < -0.4 is 0 Å². The summed E-state index contributed by atoms with van der Waals surface area (Å²) in [7, 11) is 0.645. The Hall–Kier alpha value is -0.553. The van der Waals surface area contributed by atoms with E-state index in [9.17, 15) is 4.79 Å². The van der Waals surface area contributed by atoms with Crippen molar-refractivity contribution in [3.8, 4) is 0 Å². The largest absolute Gasteiger partial charge is 0.444 e. The molecule has 1 saturated heterocycles. The maximum Gasteiger partial charge on any atom is 0.410 e. The Morgan fingerprint density at radius 2 is 1.89 bits per heavy atom. The lowest BCUT2D eigenvalue weighted by Gasteiger charge is -2.24. The minimum Gasteiger partial charge on any atom is -0.444 e. The van der Waals surface area contributed by atoms with Crippen LogP contribution in [0.15, 0.2) is 0 Å². The van der Waals surface area contributed by atoms with Gasteiger partial charge >= 0.3 is 6.09 Å². The molecule has 0 saturated carbocycles. The predicted octanol–water partition coefficient (Wildman–Crippen LogP) is 3.28. The summed E-state index contributed by atoms with van der Waals surface area (Å²) in [5.74, 6) is 0. The van der Waals surface area contributed by atoms with E-state index < -0.39 is 13.7 Å². The number of hydrogen-bond acceptors (Lipinski definition) is 3. The molecule has 1 fully saturated rings. The topological polar surface area (TPSA) is 42.1 Å². The van der Waals surface area contributed by atoms with Gasteiger partial charge in [0.15, 0.2) is 0 Å². The van der Waals surface area contributed by atoms with Crippen molar-refractivity contribution in [3.05, 3.63) is 0 Å². The first-order valence-corrected chi connectivity index (χ1v) is 10.7. The van der Waals surface area contributed by atoms with Crippen LogP contribution in [0.5, 0.6) is 0 Å². The van der Waals surface area contributed by atoms with Gasteiger partial charge < -0.3 is 14.4 Å². The average Bonchev–Trinajstić information content (AvgIpc) is 2.93. The van der Waals surface area contributed by atoms with Gasteiger partial charge in [0.2, 0.25) is 0 Å². The van der Waals surface area contributed by atoms with Gasteiger partial charge in [-0.3, -0.25) is 0 Å². The second kappa shape index (κ2) is 5.83. The van der Waals surface area contributed by atoms with E-state index >= 15 is 0 Å². The van der Waals surface area contributed by atoms with Gasteiger partial charge in [0.1, 0.15) is 5.60 Å². The molecule has 0 aromatic carbocycles. The van der Waals surface area contributed by atoms with Crippen LogP contribution in [-0.4, -0.2) is 50.1 Å². The van der Waals surface area contributed by atoms with Gasteiger partial charge in [-0.05, 0) is 33.6 Å². The zero-order valence-electron chi connectivity index (χ0n) is 13.4. The van der Waals surface area contributed by atoms with E-state index in [1.165, 1.54) is 0 Å². The molecule has 0 unspecified atom stereocenters. The van der Waals surface area contributed by atoms with Gasteiger partial charge in [-0.25, -0.2) is 4.79 Å². The third-order valence-electron chi connectivity index (χ3n) is 3.12. The van der Waals surface area contributed by atoms with E-state index in [4.69, 9.17) is 9.47 Å². The van der Waals surface area contributed by atoms with Gasteiger partial charge in [-0.1, -0.05) is 19.6 Å². The molecule has 5 heteroatoms. The first-order valence-electron chi connectivity index (χ1n) is 7.10. The molecule has 112 valence electrons. The van der Waals surface area contributed by atoms with Crippen molar-refractivity contribution in [3.63, 3.8) is 0 Å². The molecule has 1 amide bonds. The quantitative estimate of drug-likeness (QED) is 0.575. The van der Waals surface area contributed by atoms with Crippen LogP contribution in [-0.2, 0) is 9.47 Å².